The van der Waals surface area contributed by atoms with Crippen LogP contribution < -0.4 is 11.1 Å². The monoisotopic (exact) mass is 201 g/mol. The summed E-state index contributed by atoms with van der Waals surface area (Å²) in [4.78, 5) is 13.4. The molecule has 0 fully saturated rings. The van der Waals surface area contributed by atoms with Gasteiger partial charge in [0.2, 0.25) is 5.91 Å². The Morgan fingerprint density at radius 3 is 2.50 bits per heavy atom. The first-order valence-electron chi connectivity index (χ1n) is 5.22. The van der Waals surface area contributed by atoms with E-state index in [0.717, 1.165) is 6.54 Å². The van der Waals surface area contributed by atoms with Crippen LogP contribution in [0.4, 0.5) is 0 Å². The summed E-state index contributed by atoms with van der Waals surface area (Å²) in [7, 11) is 2.04. The van der Waals surface area contributed by atoms with Gasteiger partial charge >= 0.3 is 0 Å². The smallest absolute Gasteiger partial charge is 0.236 e. The maximum Gasteiger partial charge on any atom is 0.236 e. The van der Waals surface area contributed by atoms with Gasteiger partial charge in [0.15, 0.2) is 0 Å². The van der Waals surface area contributed by atoms with Crippen LogP contribution in [-0.2, 0) is 4.79 Å². The third-order valence-electron chi connectivity index (χ3n) is 2.42. The molecule has 4 heteroatoms. The summed E-state index contributed by atoms with van der Waals surface area (Å²) in [5.41, 5.74) is 5.57. The summed E-state index contributed by atoms with van der Waals surface area (Å²) in [5.74, 6) is -0.0512. The molecule has 0 radical (unpaired) electrons. The molecule has 0 aromatic carbocycles. The highest BCUT2D eigenvalue weighted by Gasteiger charge is 2.10. The Morgan fingerprint density at radius 1 is 1.50 bits per heavy atom. The van der Waals surface area contributed by atoms with Crippen LogP contribution in [0.5, 0.6) is 0 Å². The predicted molar refractivity (Wildman–Crippen MR) is 59.0 cm³/mol. The molecule has 0 aliphatic carbocycles. The zero-order chi connectivity index (χ0) is 11.1. The first kappa shape index (κ1) is 13.4. The molecule has 3 N–H and O–H groups in total. The lowest BCUT2D eigenvalue weighted by Gasteiger charge is -2.21. The Balaban J connectivity index is 3.59. The van der Waals surface area contributed by atoms with Gasteiger partial charge in [0.05, 0.1) is 6.04 Å². The van der Waals surface area contributed by atoms with Crippen LogP contribution in [-0.4, -0.2) is 43.0 Å². The molecule has 0 bridgehead atoms. The van der Waals surface area contributed by atoms with Gasteiger partial charge in [-0.2, -0.15) is 0 Å². The van der Waals surface area contributed by atoms with E-state index in [0.29, 0.717) is 19.0 Å². The van der Waals surface area contributed by atoms with Gasteiger partial charge in [-0.25, -0.2) is 0 Å². The number of hydrogen-bond donors (Lipinski definition) is 2. The van der Waals surface area contributed by atoms with Gasteiger partial charge in [-0.15, -0.1) is 0 Å². The average molecular weight is 201 g/mol. The van der Waals surface area contributed by atoms with Crippen molar-refractivity contribution in [3.05, 3.63) is 0 Å². The first-order chi connectivity index (χ1) is 6.49. The fraction of sp³-hybridized carbons (Fsp3) is 0.900. The van der Waals surface area contributed by atoms with Gasteiger partial charge in [0.1, 0.15) is 0 Å². The summed E-state index contributed by atoms with van der Waals surface area (Å²) >= 11 is 0. The minimum absolute atomic E-state index is 0.0512. The van der Waals surface area contributed by atoms with Gasteiger partial charge in [-0.05, 0) is 27.3 Å². The predicted octanol–water partition coefficient (Wildman–Crippen LogP) is 0.180. The van der Waals surface area contributed by atoms with Crippen molar-refractivity contribution in [2.75, 3.05) is 20.1 Å². The number of nitrogens with one attached hydrogen (secondary N) is 1. The second-order valence-electron chi connectivity index (χ2n) is 3.88. The molecule has 0 saturated carbocycles. The third-order valence-corrected chi connectivity index (χ3v) is 2.42. The van der Waals surface area contributed by atoms with Crippen molar-refractivity contribution in [2.24, 2.45) is 5.73 Å². The van der Waals surface area contributed by atoms with E-state index in [1.807, 2.05) is 14.0 Å². The molecule has 0 aromatic rings. The standard InChI is InChI=1S/C10H23N3O/c1-5-9(11)10(14)12-6-7-13(4)8(2)3/h8-9H,5-7,11H2,1-4H3,(H,12,14)/t9-/m0/s1. The summed E-state index contributed by atoms with van der Waals surface area (Å²) in [6.45, 7) is 7.69. The molecular formula is C10H23N3O. The summed E-state index contributed by atoms with van der Waals surface area (Å²) in [6, 6.07) is 0.145. The van der Waals surface area contributed by atoms with Crippen molar-refractivity contribution in [3.63, 3.8) is 0 Å². The fourth-order valence-corrected chi connectivity index (χ4v) is 0.930. The number of amides is 1. The number of nitrogens with zero attached hydrogens (tertiary/aromatic N) is 1. The Labute approximate surface area is 86.8 Å². The minimum atomic E-state index is -0.362. The maximum absolute atomic E-state index is 11.3. The second kappa shape index (κ2) is 6.79. The van der Waals surface area contributed by atoms with Gasteiger partial charge in [-0.1, -0.05) is 6.92 Å². The summed E-state index contributed by atoms with van der Waals surface area (Å²) in [5, 5.41) is 2.81. The molecule has 0 saturated heterocycles. The van der Waals surface area contributed by atoms with E-state index >= 15 is 0 Å². The molecule has 0 heterocycles. The van der Waals surface area contributed by atoms with E-state index in [9.17, 15) is 4.79 Å². The normalized spacial score (nSPS) is 13.4. The van der Waals surface area contributed by atoms with Crippen LogP contribution in [0.1, 0.15) is 27.2 Å². The van der Waals surface area contributed by atoms with Gasteiger partial charge in [0.25, 0.3) is 0 Å². The van der Waals surface area contributed by atoms with Crippen LogP contribution in [0.3, 0.4) is 0 Å². The molecule has 84 valence electrons. The van der Waals surface area contributed by atoms with Crippen LogP contribution in [0.2, 0.25) is 0 Å². The van der Waals surface area contributed by atoms with Gasteiger partial charge in [-0.3, -0.25) is 4.79 Å². The third kappa shape index (κ3) is 5.19. The largest absolute Gasteiger partial charge is 0.353 e. The van der Waals surface area contributed by atoms with Crippen molar-refractivity contribution in [1.82, 2.24) is 10.2 Å². The maximum atomic E-state index is 11.3. The number of rotatable bonds is 6. The van der Waals surface area contributed by atoms with Gasteiger partial charge in [0, 0.05) is 19.1 Å². The summed E-state index contributed by atoms with van der Waals surface area (Å²) in [6.07, 6.45) is 0.686. The van der Waals surface area contributed by atoms with E-state index in [1.165, 1.54) is 0 Å². The SMILES string of the molecule is CC[C@H](N)C(=O)NCCN(C)C(C)C. The first-order valence-corrected chi connectivity index (χ1v) is 5.22. The second-order valence-corrected chi connectivity index (χ2v) is 3.88. The van der Waals surface area contributed by atoms with Crippen molar-refractivity contribution >= 4 is 5.91 Å². The molecule has 0 aliphatic heterocycles. The topological polar surface area (TPSA) is 58.4 Å². The molecule has 0 aliphatic rings. The van der Waals surface area contributed by atoms with E-state index in [1.54, 1.807) is 0 Å². The quantitative estimate of drug-likeness (QED) is 0.644. The van der Waals surface area contributed by atoms with E-state index in [4.69, 9.17) is 5.73 Å². The van der Waals surface area contributed by atoms with Gasteiger partial charge < -0.3 is 16.0 Å². The van der Waals surface area contributed by atoms with Crippen molar-refractivity contribution < 1.29 is 4.79 Å². The molecule has 0 unspecified atom stereocenters. The highest BCUT2D eigenvalue weighted by atomic mass is 16.2. The molecule has 4 nitrogen and oxygen atoms in total. The van der Waals surface area contributed by atoms with Crippen molar-refractivity contribution in [1.29, 1.82) is 0 Å². The minimum Gasteiger partial charge on any atom is -0.353 e. The highest BCUT2D eigenvalue weighted by Crippen LogP contribution is 1.91. The zero-order valence-electron chi connectivity index (χ0n) is 9.71. The summed E-state index contributed by atoms with van der Waals surface area (Å²) < 4.78 is 0. The Hall–Kier alpha value is -0.610. The molecule has 0 rings (SSSR count). The Kier molecular flexibility index (Phi) is 6.49. The van der Waals surface area contributed by atoms with Crippen LogP contribution in [0, 0.1) is 0 Å². The van der Waals surface area contributed by atoms with Crippen LogP contribution >= 0.6 is 0 Å². The van der Waals surface area contributed by atoms with Crippen LogP contribution in [0.25, 0.3) is 0 Å². The lowest BCUT2D eigenvalue weighted by molar-refractivity contribution is -0.122. The zero-order valence-corrected chi connectivity index (χ0v) is 9.71. The number of hydrogen-bond acceptors (Lipinski definition) is 3. The van der Waals surface area contributed by atoms with E-state index in [2.05, 4.69) is 24.1 Å². The number of carbonyl (C=O) groups excluding carboxylic acids is 1. The number of nitrogens with two attached hydrogens (primary N) is 1. The Morgan fingerprint density at radius 2 is 2.07 bits per heavy atom. The van der Waals surface area contributed by atoms with E-state index < -0.39 is 0 Å². The molecule has 0 aromatic heterocycles. The fourth-order valence-electron chi connectivity index (χ4n) is 0.930. The number of likely N-dealkylation sites (N-methyl/N-ethyl adjacent to an activating group) is 1. The van der Waals surface area contributed by atoms with Crippen LogP contribution in [0.15, 0.2) is 0 Å². The highest BCUT2D eigenvalue weighted by molar-refractivity contribution is 5.81. The average Bonchev–Trinajstić information content (AvgIpc) is 2.15. The molecule has 1 amide bonds. The molecule has 0 spiro atoms. The number of carbonyl (C=O) groups is 1. The lowest BCUT2D eigenvalue weighted by Crippen LogP contribution is -2.43. The lowest BCUT2D eigenvalue weighted by atomic mass is 10.2. The van der Waals surface area contributed by atoms with Crippen molar-refractivity contribution in [3.8, 4) is 0 Å². The van der Waals surface area contributed by atoms with Crippen molar-refractivity contribution in [2.45, 2.75) is 39.3 Å². The molecular weight excluding hydrogens is 178 g/mol. The van der Waals surface area contributed by atoms with E-state index in [-0.39, 0.29) is 11.9 Å². The molecule has 14 heavy (non-hydrogen) atoms. The molecule has 1 atom stereocenters. The Bertz CT molecular complexity index is 171.